The van der Waals surface area contributed by atoms with Gasteiger partial charge in [0, 0.05) is 17.7 Å². The first-order chi connectivity index (χ1) is 10.0. The number of rotatable bonds is 5. The summed E-state index contributed by atoms with van der Waals surface area (Å²) in [6, 6.07) is 8.51. The second-order valence-electron chi connectivity index (χ2n) is 4.00. The minimum absolute atomic E-state index is 0.103. The Labute approximate surface area is 125 Å². The third-order valence-electron chi connectivity index (χ3n) is 2.67. The number of non-ortho nitro benzene ring substituents is 1. The molecule has 0 fully saturated rings. The molecule has 0 aliphatic rings. The SMILES string of the molecule is COc1cc(C=O)ccc1Oc1ccc([N+](=O)[O-])cc1Cl. The summed E-state index contributed by atoms with van der Waals surface area (Å²) in [7, 11) is 1.44. The summed E-state index contributed by atoms with van der Waals surface area (Å²) in [4.78, 5) is 20.8. The molecule has 0 N–H and O–H groups in total. The number of carbonyl (C=O) groups is 1. The molecule has 0 radical (unpaired) electrons. The Balaban J connectivity index is 2.34. The molecule has 0 aliphatic carbocycles. The van der Waals surface area contributed by atoms with Gasteiger partial charge in [-0.1, -0.05) is 11.6 Å². The van der Waals surface area contributed by atoms with Gasteiger partial charge in [-0.15, -0.1) is 0 Å². The van der Waals surface area contributed by atoms with E-state index in [0.717, 1.165) is 0 Å². The number of halogens is 1. The van der Waals surface area contributed by atoms with E-state index in [1.54, 1.807) is 12.1 Å². The van der Waals surface area contributed by atoms with Crippen molar-refractivity contribution in [1.29, 1.82) is 0 Å². The van der Waals surface area contributed by atoms with Crippen molar-refractivity contribution in [2.45, 2.75) is 0 Å². The molecule has 0 aliphatic heterocycles. The Kier molecular flexibility index (Phi) is 4.39. The molecule has 7 heteroatoms. The molecule has 0 spiro atoms. The quantitative estimate of drug-likeness (QED) is 0.476. The highest BCUT2D eigenvalue weighted by Gasteiger charge is 2.13. The predicted octanol–water partition coefficient (Wildman–Crippen LogP) is 3.86. The second kappa shape index (κ2) is 6.23. The lowest BCUT2D eigenvalue weighted by Crippen LogP contribution is -1.93. The third-order valence-corrected chi connectivity index (χ3v) is 2.97. The van der Waals surface area contributed by atoms with Crippen LogP contribution >= 0.6 is 11.6 Å². The van der Waals surface area contributed by atoms with Crippen molar-refractivity contribution in [1.82, 2.24) is 0 Å². The highest BCUT2D eigenvalue weighted by Crippen LogP contribution is 2.36. The van der Waals surface area contributed by atoms with Crippen LogP contribution in [0.25, 0.3) is 0 Å². The molecule has 6 nitrogen and oxygen atoms in total. The molecule has 2 rings (SSSR count). The van der Waals surface area contributed by atoms with E-state index in [-0.39, 0.29) is 16.5 Å². The zero-order valence-electron chi connectivity index (χ0n) is 10.9. The van der Waals surface area contributed by atoms with E-state index in [9.17, 15) is 14.9 Å². The van der Waals surface area contributed by atoms with Gasteiger partial charge in [0.25, 0.3) is 5.69 Å². The largest absolute Gasteiger partial charge is 0.493 e. The van der Waals surface area contributed by atoms with Gasteiger partial charge < -0.3 is 9.47 Å². The average molecular weight is 308 g/mol. The molecule has 0 atom stereocenters. The fourth-order valence-electron chi connectivity index (χ4n) is 1.65. The normalized spacial score (nSPS) is 10.0. The first-order valence-electron chi connectivity index (χ1n) is 5.80. The van der Waals surface area contributed by atoms with Crippen LogP contribution in [0.15, 0.2) is 36.4 Å². The number of carbonyl (C=O) groups excluding carboxylic acids is 1. The first kappa shape index (κ1) is 14.8. The minimum Gasteiger partial charge on any atom is -0.493 e. The molecular formula is C14H10ClNO5. The van der Waals surface area contributed by atoms with E-state index in [1.165, 1.54) is 31.4 Å². The van der Waals surface area contributed by atoms with Crippen molar-refractivity contribution in [3.05, 3.63) is 57.1 Å². The molecule has 108 valence electrons. The van der Waals surface area contributed by atoms with E-state index >= 15 is 0 Å². The average Bonchev–Trinajstić information content (AvgIpc) is 2.49. The Morgan fingerprint density at radius 2 is 1.86 bits per heavy atom. The summed E-state index contributed by atoms with van der Waals surface area (Å²) in [6.07, 6.45) is 0.686. The molecule has 0 amide bonds. The van der Waals surface area contributed by atoms with Gasteiger partial charge in [-0.05, 0) is 24.3 Å². The van der Waals surface area contributed by atoms with Crippen LogP contribution in [0.1, 0.15) is 10.4 Å². The minimum atomic E-state index is -0.547. The third kappa shape index (κ3) is 3.29. The molecule has 2 aromatic rings. The first-order valence-corrected chi connectivity index (χ1v) is 6.18. The molecule has 0 heterocycles. The fourth-order valence-corrected chi connectivity index (χ4v) is 1.86. The summed E-state index contributed by atoms with van der Waals surface area (Å²) in [6.45, 7) is 0. The van der Waals surface area contributed by atoms with E-state index < -0.39 is 4.92 Å². The predicted molar refractivity (Wildman–Crippen MR) is 76.6 cm³/mol. The van der Waals surface area contributed by atoms with E-state index in [4.69, 9.17) is 21.1 Å². The van der Waals surface area contributed by atoms with Gasteiger partial charge in [-0.3, -0.25) is 14.9 Å². The van der Waals surface area contributed by atoms with Crippen molar-refractivity contribution in [3.8, 4) is 17.2 Å². The maximum atomic E-state index is 10.7. The van der Waals surface area contributed by atoms with Gasteiger partial charge in [0.15, 0.2) is 11.5 Å². The van der Waals surface area contributed by atoms with E-state index in [0.29, 0.717) is 23.3 Å². The van der Waals surface area contributed by atoms with Crippen molar-refractivity contribution >= 4 is 23.6 Å². The lowest BCUT2D eigenvalue weighted by Gasteiger charge is -2.11. The monoisotopic (exact) mass is 307 g/mol. The number of hydrogen-bond acceptors (Lipinski definition) is 5. The van der Waals surface area contributed by atoms with Crippen LogP contribution in [0.2, 0.25) is 5.02 Å². The summed E-state index contributed by atoms with van der Waals surface area (Å²) in [5.74, 6) is 0.951. The van der Waals surface area contributed by atoms with E-state index in [2.05, 4.69) is 0 Å². The molecule has 21 heavy (non-hydrogen) atoms. The maximum absolute atomic E-state index is 10.7. The van der Waals surface area contributed by atoms with Crippen LogP contribution in [0.4, 0.5) is 5.69 Å². The smallest absolute Gasteiger partial charge is 0.271 e. The Hall–Kier alpha value is -2.60. The summed E-state index contributed by atoms with van der Waals surface area (Å²) in [5.41, 5.74) is 0.310. The number of nitro groups is 1. The summed E-state index contributed by atoms with van der Waals surface area (Å²) >= 11 is 5.95. The lowest BCUT2D eigenvalue weighted by atomic mass is 10.2. The molecule has 0 aromatic heterocycles. The van der Waals surface area contributed by atoms with Crippen LogP contribution in [-0.4, -0.2) is 18.3 Å². The maximum Gasteiger partial charge on any atom is 0.271 e. The standard InChI is InChI=1S/C14H10ClNO5/c1-20-14-6-9(8-17)2-4-13(14)21-12-5-3-10(16(18)19)7-11(12)15/h2-8H,1H3. The number of nitrogens with zero attached hydrogens (tertiary/aromatic N) is 1. The van der Waals surface area contributed by atoms with Crippen LogP contribution in [0.3, 0.4) is 0 Å². The number of aldehydes is 1. The van der Waals surface area contributed by atoms with Crippen molar-refractivity contribution < 1.29 is 19.2 Å². The van der Waals surface area contributed by atoms with Crippen molar-refractivity contribution in [2.24, 2.45) is 0 Å². The Morgan fingerprint density at radius 1 is 1.14 bits per heavy atom. The second-order valence-corrected chi connectivity index (χ2v) is 4.41. The van der Waals surface area contributed by atoms with Gasteiger partial charge in [-0.25, -0.2) is 0 Å². The van der Waals surface area contributed by atoms with Crippen LogP contribution < -0.4 is 9.47 Å². The number of benzene rings is 2. The zero-order chi connectivity index (χ0) is 15.4. The number of hydrogen-bond donors (Lipinski definition) is 0. The fraction of sp³-hybridized carbons (Fsp3) is 0.0714. The van der Waals surface area contributed by atoms with Gasteiger partial charge in [0.05, 0.1) is 17.1 Å². The van der Waals surface area contributed by atoms with E-state index in [1.807, 2.05) is 0 Å². The number of nitro benzene ring substituents is 1. The van der Waals surface area contributed by atoms with Gasteiger partial charge in [-0.2, -0.15) is 0 Å². The van der Waals surface area contributed by atoms with Crippen molar-refractivity contribution in [3.63, 3.8) is 0 Å². The topological polar surface area (TPSA) is 78.7 Å². The van der Waals surface area contributed by atoms with Crippen molar-refractivity contribution in [2.75, 3.05) is 7.11 Å². The lowest BCUT2D eigenvalue weighted by molar-refractivity contribution is -0.384. The molecule has 0 unspecified atom stereocenters. The molecule has 0 saturated carbocycles. The highest BCUT2D eigenvalue weighted by molar-refractivity contribution is 6.32. The summed E-state index contributed by atoms with van der Waals surface area (Å²) < 4.78 is 10.7. The Morgan fingerprint density at radius 3 is 2.43 bits per heavy atom. The summed E-state index contributed by atoms with van der Waals surface area (Å²) in [5, 5.41) is 10.7. The zero-order valence-corrected chi connectivity index (χ0v) is 11.7. The van der Waals surface area contributed by atoms with Gasteiger partial charge >= 0.3 is 0 Å². The molecule has 0 saturated heterocycles. The molecular weight excluding hydrogens is 298 g/mol. The number of methoxy groups -OCH3 is 1. The van der Waals surface area contributed by atoms with Crippen LogP contribution in [-0.2, 0) is 0 Å². The highest BCUT2D eigenvalue weighted by atomic mass is 35.5. The molecule has 2 aromatic carbocycles. The van der Waals surface area contributed by atoms with Crippen LogP contribution in [0.5, 0.6) is 17.2 Å². The van der Waals surface area contributed by atoms with Gasteiger partial charge in [0.2, 0.25) is 0 Å². The number of ether oxygens (including phenoxy) is 2. The van der Waals surface area contributed by atoms with Crippen LogP contribution in [0, 0.1) is 10.1 Å². The molecule has 0 bridgehead atoms. The van der Waals surface area contributed by atoms with Gasteiger partial charge in [0.1, 0.15) is 12.0 Å². The Bertz CT molecular complexity index is 702.